The third-order valence-corrected chi connectivity index (χ3v) is 5.92. The Hall–Kier alpha value is -0.210. The van der Waals surface area contributed by atoms with Crippen molar-refractivity contribution in [3.8, 4) is 5.75 Å². The second-order valence-corrected chi connectivity index (χ2v) is 6.95. The van der Waals surface area contributed by atoms with E-state index in [1.807, 2.05) is 12.1 Å². The number of hydrogen-bond acceptors (Lipinski definition) is 1. The van der Waals surface area contributed by atoms with Crippen LogP contribution < -0.4 is 4.74 Å². The van der Waals surface area contributed by atoms with Crippen molar-refractivity contribution < 1.29 is 4.74 Å². The molecule has 0 heterocycles. The summed E-state index contributed by atoms with van der Waals surface area (Å²) in [6, 6.07) is 6.12. The fourth-order valence-electron chi connectivity index (χ4n) is 3.74. The number of halogens is 2. The Balaban J connectivity index is 1.82. The van der Waals surface area contributed by atoms with E-state index in [1.54, 1.807) is 7.11 Å². The van der Waals surface area contributed by atoms with Crippen molar-refractivity contribution in [2.24, 2.45) is 17.8 Å². The average molecular weight is 330 g/mol. The first kappa shape index (κ1) is 12.8. The minimum Gasteiger partial charge on any atom is -0.497 e. The third-order valence-electron chi connectivity index (χ3n) is 4.67. The Bertz CT molecular complexity index is 448. The summed E-state index contributed by atoms with van der Waals surface area (Å²) in [4.78, 5) is 0. The van der Waals surface area contributed by atoms with Gasteiger partial charge in [0.15, 0.2) is 0 Å². The fourth-order valence-corrected chi connectivity index (χ4v) is 4.98. The second-order valence-electron chi connectivity index (χ2n) is 5.63. The molecule has 1 aromatic rings. The minimum absolute atomic E-state index is 0.139. The maximum atomic E-state index is 6.74. The van der Waals surface area contributed by atoms with E-state index in [0.717, 1.165) is 22.1 Å². The van der Waals surface area contributed by atoms with Crippen LogP contribution in [0.5, 0.6) is 5.75 Å². The summed E-state index contributed by atoms with van der Waals surface area (Å²) in [7, 11) is 1.69. The summed E-state index contributed by atoms with van der Waals surface area (Å²) < 4.78 is 6.31. The van der Waals surface area contributed by atoms with Crippen LogP contribution in [0, 0.1) is 17.8 Å². The molecule has 3 rings (SSSR count). The van der Waals surface area contributed by atoms with E-state index >= 15 is 0 Å². The number of methoxy groups -OCH3 is 1. The first-order valence-corrected chi connectivity index (χ1v) is 7.89. The van der Waals surface area contributed by atoms with Gasteiger partial charge in [0.05, 0.1) is 12.5 Å². The third kappa shape index (κ3) is 2.18. The maximum absolute atomic E-state index is 6.74. The molecule has 0 aromatic heterocycles. The molecule has 2 bridgehead atoms. The highest BCUT2D eigenvalue weighted by atomic mass is 79.9. The van der Waals surface area contributed by atoms with Gasteiger partial charge in [-0.05, 0) is 54.7 Å². The molecule has 2 aliphatic carbocycles. The molecule has 0 spiro atoms. The summed E-state index contributed by atoms with van der Waals surface area (Å²) in [6.45, 7) is 0. The van der Waals surface area contributed by atoms with E-state index in [4.69, 9.17) is 16.3 Å². The largest absolute Gasteiger partial charge is 0.497 e. The zero-order valence-electron chi connectivity index (χ0n) is 10.5. The van der Waals surface area contributed by atoms with Gasteiger partial charge in [0.25, 0.3) is 0 Å². The van der Waals surface area contributed by atoms with Gasteiger partial charge in [-0.1, -0.05) is 28.4 Å². The lowest BCUT2D eigenvalue weighted by molar-refractivity contribution is 0.323. The molecule has 98 valence electrons. The van der Waals surface area contributed by atoms with Crippen LogP contribution in [0.25, 0.3) is 0 Å². The Kier molecular flexibility index (Phi) is 3.59. The lowest BCUT2D eigenvalue weighted by Crippen LogP contribution is -2.16. The minimum atomic E-state index is 0.139. The quantitative estimate of drug-likeness (QED) is 0.695. The van der Waals surface area contributed by atoms with E-state index in [0.29, 0.717) is 5.92 Å². The number of ether oxygens (including phenoxy) is 1. The van der Waals surface area contributed by atoms with Gasteiger partial charge in [-0.15, -0.1) is 11.6 Å². The zero-order chi connectivity index (χ0) is 12.7. The number of fused-ring (bicyclic) bond motifs is 2. The Labute approximate surface area is 122 Å². The van der Waals surface area contributed by atoms with Crippen molar-refractivity contribution >= 4 is 27.5 Å². The smallest absolute Gasteiger partial charge is 0.120 e. The number of rotatable bonds is 3. The van der Waals surface area contributed by atoms with Crippen molar-refractivity contribution in [1.82, 2.24) is 0 Å². The zero-order valence-corrected chi connectivity index (χ0v) is 12.9. The van der Waals surface area contributed by atoms with Crippen molar-refractivity contribution in [3.63, 3.8) is 0 Å². The van der Waals surface area contributed by atoms with Gasteiger partial charge in [-0.3, -0.25) is 0 Å². The Morgan fingerprint density at radius 3 is 2.72 bits per heavy atom. The van der Waals surface area contributed by atoms with Gasteiger partial charge in [-0.25, -0.2) is 0 Å². The van der Waals surface area contributed by atoms with Crippen LogP contribution >= 0.6 is 27.5 Å². The van der Waals surface area contributed by atoms with E-state index < -0.39 is 0 Å². The van der Waals surface area contributed by atoms with Crippen LogP contribution in [0.1, 0.15) is 36.6 Å². The van der Waals surface area contributed by atoms with Crippen LogP contribution in [0.2, 0.25) is 0 Å². The molecule has 2 fully saturated rings. The van der Waals surface area contributed by atoms with Gasteiger partial charge in [0.2, 0.25) is 0 Å². The molecule has 0 aliphatic heterocycles. The Morgan fingerprint density at radius 2 is 2.17 bits per heavy atom. The predicted molar refractivity (Wildman–Crippen MR) is 78.2 cm³/mol. The number of benzene rings is 1. The van der Waals surface area contributed by atoms with Crippen LogP contribution in [-0.4, -0.2) is 7.11 Å². The highest BCUT2D eigenvalue weighted by Crippen LogP contribution is 2.55. The molecule has 1 nitrogen and oxygen atoms in total. The van der Waals surface area contributed by atoms with E-state index in [2.05, 4.69) is 22.0 Å². The molecule has 2 saturated carbocycles. The predicted octanol–water partition coefficient (Wildman–Crippen LogP) is 5.17. The second kappa shape index (κ2) is 5.05. The van der Waals surface area contributed by atoms with Crippen LogP contribution in [-0.2, 0) is 0 Å². The highest BCUT2D eigenvalue weighted by Gasteiger charge is 2.43. The average Bonchev–Trinajstić information content (AvgIpc) is 3.00. The van der Waals surface area contributed by atoms with Crippen molar-refractivity contribution in [3.05, 3.63) is 28.2 Å². The standard InChI is InChI=1S/C15H18BrClO/c1-18-11-4-5-12(14(16)8-11)15(17)13-7-9-2-3-10(13)6-9/h4-5,8-10,13,15H,2-3,6-7H2,1H3. The molecule has 0 radical (unpaired) electrons. The SMILES string of the molecule is COc1ccc(C(Cl)C2CC3CCC2C3)c(Br)c1. The Morgan fingerprint density at radius 1 is 1.33 bits per heavy atom. The van der Waals surface area contributed by atoms with Crippen LogP contribution in [0.4, 0.5) is 0 Å². The van der Waals surface area contributed by atoms with Gasteiger partial charge < -0.3 is 4.74 Å². The number of alkyl halides is 1. The van der Waals surface area contributed by atoms with Crippen molar-refractivity contribution in [2.75, 3.05) is 7.11 Å². The lowest BCUT2D eigenvalue weighted by Gasteiger charge is -2.27. The van der Waals surface area contributed by atoms with Gasteiger partial charge in [-0.2, -0.15) is 0 Å². The molecule has 2 aliphatic rings. The molecule has 3 heteroatoms. The summed E-state index contributed by atoms with van der Waals surface area (Å²) in [6.07, 6.45) is 5.53. The molecule has 18 heavy (non-hydrogen) atoms. The summed E-state index contributed by atoms with van der Waals surface area (Å²) in [5, 5.41) is 0.139. The molecule has 4 atom stereocenters. The summed E-state index contributed by atoms with van der Waals surface area (Å²) >= 11 is 10.4. The van der Waals surface area contributed by atoms with E-state index in [1.165, 1.54) is 31.2 Å². The molecular formula is C15H18BrClO. The normalized spacial score (nSPS) is 31.6. The number of hydrogen-bond donors (Lipinski definition) is 0. The first-order chi connectivity index (χ1) is 8.69. The fraction of sp³-hybridized carbons (Fsp3) is 0.600. The van der Waals surface area contributed by atoms with E-state index in [9.17, 15) is 0 Å². The molecule has 1 aromatic carbocycles. The molecular weight excluding hydrogens is 312 g/mol. The van der Waals surface area contributed by atoms with Gasteiger partial charge >= 0.3 is 0 Å². The lowest BCUT2D eigenvalue weighted by atomic mass is 9.84. The monoisotopic (exact) mass is 328 g/mol. The van der Waals surface area contributed by atoms with Crippen LogP contribution in [0.15, 0.2) is 22.7 Å². The van der Waals surface area contributed by atoms with Crippen molar-refractivity contribution in [2.45, 2.75) is 31.1 Å². The highest BCUT2D eigenvalue weighted by molar-refractivity contribution is 9.10. The molecule has 0 N–H and O–H groups in total. The summed E-state index contributed by atoms with van der Waals surface area (Å²) in [5.41, 5.74) is 1.22. The van der Waals surface area contributed by atoms with Gasteiger partial charge in [0, 0.05) is 4.47 Å². The molecule has 0 saturated heterocycles. The topological polar surface area (TPSA) is 9.23 Å². The molecule has 0 amide bonds. The molecule has 4 unspecified atom stereocenters. The summed E-state index contributed by atoms with van der Waals surface area (Å²) in [5.74, 6) is 3.34. The van der Waals surface area contributed by atoms with Gasteiger partial charge in [0.1, 0.15) is 5.75 Å². The van der Waals surface area contributed by atoms with Crippen LogP contribution in [0.3, 0.4) is 0 Å². The maximum Gasteiger partial charge on any atom is 0.120 e. The first-order valence-electron chi connectivity index (χ1n) is 6.66. The van der Waals surface area contributed by atoms with E-state index in [-0.39, 0.29) is 5.38 Å². The van der Waals surface area contributed by atoms with Crippen molar-refractivity contribution in [1.29, 1.82) is 0 Å².